The summed E-state index contributed by atoms with van der Waals surface area (Å²) in [5.74, 6) is 0. The highest BCUT2D eigenvalue weighted by Crippen LogP contribution is 2.37. The number of carbonyl (C=O) groups excluding carboxylic acids is 1. The molecule has 15 heavy (non-hydrogen) atoms. The molecule has 1 aromatic carbocycles. The Morgan fingerprint density at radius 1 is 1.33 bits per heavy atom. The summed E-state index contributed by atoms with van der Waals surface area (Å²) in [6.07, 6.45) is -3.78. The van der Waals surface area contributed by atoms with Crippen LogP contribution in [0, 0.1) is 0 Å². The van der Waals surface area contributed by atoms with Gasteiger partial charge in [0.1, 0.15) is 6.29 Å². The molecule has 0 bridgehead atoms. The van der Waals surface area contributed by atoms with Crippen molar-refractivity contribution in [1.82, 2.24) is 0 Å². The van der Waals surface area contributed by atoms with E-state index in [0.29, 0.717) is 6.29 Å². The second-order valence-electron chi connectivity index (χ2n) is 2.98. The van der Waals surface area contributed by atoms with Gasteiger partial charge in [0.25, 0.3) is 0 Å². The predicted octanol–water partition coefficient (Wildman–Crippen LogP) is 3.49. The minimum absolute atomic E-state index is 0.0545. The summed E-state index contributed by atoms with van der Waals surface area (Å²) in [5, 5.41) is -0.328. The molecule has 0 radical (unpaired) electrons. The molecule has 0 amide bonds. The summed E-state index contributed by atoms with van der Waals surface area (Å²) in [5.41, 5.74) is -0.782. The maximum absolute atomic E-state index is 12.6. The van der Waals surface area contributed by atoms with Gasteiger partial charge < -0.3 is 4.79 Å². The smallest absolute Gasteiger partial charge is 0.303 e. The van der Waals surface area contributed by atoms with Crippen molar-refractivity contribution in [2.75, 3.05) is 0 Å². The van der Waals surface area contributed by atoms with Gasteiger partial charge in [-0.3, -0.25) is 0 Å². The number of hydrogen-bond donors (Lipinski definition) is 0. The number of halogens is 4. The van der Waals surface area contributed by atoms with Crippen LogP contribution < -0.4 is 0 Å². The van der Waals surface area contributed by atoms with Crippen LogP contribution in [-0.4, -0.2) is 6.29 Å². The van der Waals surface area contributed by atoms with E-state index in [1.54, 1.807) is 0 Å². The lowest BCUT2D eigenvalue weighted by Crippen LogP contribution is -2.10. The summed E-state index contributed by atoms with van der Waals surface area (Å²) < 4.78 is 37.7. The van der Waals surface area contributed by atoms with Crippen LogP contribution in [0.15, 0.2) is 18.2 Å². The first kappa shape index (κ1) is 12.0. The van der Waals surface area contributed by atoms with E-state index in [9.17, 15) is 18.0 Å². The zero-order valence-corrected chi connectivity index (χ0v) is 8.40. The van der Waals surface area contributed by atoms with Crippen LogP contribution in [-0.2, 0) is 17.4 Å². The molecule has 0 spiro atoms. The maximum atomic E-state index is 12.6. The third kappa shape index (κ3) is 2.96. The molecule has 0 aliphatic heterocycles. The summed E-state index contributed by atoms with van der Waals surface area (Å²) in [6, 6.07) is 3.96. The highest BCUT2D eigenvalue weighted by Gasteiger charge is 2.35. The molecule has 0 saturated heterocycles. The number of aryl methyl sites for hydroxylation is 1. The number of hydrogen-bond acceptors (Lipinski definition) is 1. The van der Waals surface area contributed by atoms with Crippen molar-refractivity contribution in [3.63, 3.8) is 0 Å². The second-order valence-corrected chi connectivity index (χ2v) is 3.38. The molecule has 1 rings (SSSR count). The molecule has 5 heteroatoms. The highest BCUT2D eigenvalue weighted by atomic mass is 35.5. The van der Waals surface area contributed by atoms with E-state index in [2.05, 4.69) is 0 Å². The maximum Gasteiger partial charge on any atom is 0.418 e. The molecule has 0 aliphatic rings. The van der Waals surface area contributed by atoms with Crippen LogP contribution in [0.2, 0.25) is 5.02 Å². The van der Waals surface area contributed by atoms with E-state index in [-0.39, 0.29) is 23.4 Å². The molecule has 0 fully saturated rings. The molecule has 0 saturated carbocycles. The lowest BCUT2D eigenvalue weighted by atomic mass is 10.0. The third-order valence-corrected chi connectivity index (χ3v) is 2.23. The first-order chi connectivity index (χ1) is 6.96. The number of aldehydes is 1. The summed E-state index contributed by atoms with van der Waals surface area (Å²) in [7, 11) is 0. The summed E-state index contributed by atoms with van der Waals surface area (Å²) >= 11 is 5.48. The SMILES string of the molecule is O=CCCc1cccc(Cl)c1C(F)(F)F. The topological polar surface area (TPSA) is 17.1 Å². The Balaban J connectivity index is 3.14. The fourth-order valence-corrected chi connectivity index (χ4v) is 1.61. The van der Waals surface area contributed by atoms with Crippen molar-refractivity contribution >= 4 is 17.9 Å². The molecular weight excluding hydrogens is 229 g/mol. The van der Waals surface area contributed by atoms with Gasteiger partial charge in [-0.15, -0.1) is 0 Å². The Kier molecular flexibility index (Phi) is 3.74. The van der Waals surface area contributed by atoms with E-state index >= 15 is 0 Å². The fourth-order valence-electron chi connectivity index (χ4n) is 1.31. The van der Waals surface area contributed by atoms with Crippen molar-refractivity contribution < 1.29 is 18.0 Å². The van der Waals surface area contributed by atoms with Crippen LogP contribution in [0.25, 0.3) is 0 Å². The fraction of sp³-hybridized carbons (Fsp3) is 0.300. The quantitative estimate of drug-likeness (QED) is 0.735. The van der Waals surface area contributed by atoms with Gasteiger partial charge in [0, 0.05) is 6.42 Å². The van der Waals surface area contributed by atoms with E-state index in [1.165, 1.54) is 18.2 Å². The molecule has 0 unspecified atom stereocenters. The normalized spacial score (nSPS) is 11.5. The largest absolute Gasteiger partial charge is 0.418 e. The van der Waals surface area contributed by atoms with E-state index in [0.717, 1.165) is 0 Å². The second kappa shape index (κ2) is 4.66. The number of carbonyl (C=O) groups is 1. The van der Waals surface area contributed by atoms with Crippen LogP contribution in [0.5, 0.6) is 0 Å². The van der Waals surface area contributed by atoms with Crippen molar-refractivity contribution in [2.45, 2.75) is 19.0 Å². The van der Waals surface area contributed by atoms with Crippen molar-refractivity contribution in [2.24, 2.45) is 0 Å². The van der Waals surface area contributed by atoms with Gasteiger partial charge in [0.15, 0.2) is 0 Å². The lowest BCUT2D eigenvalue weighted by Gasteiger charge is -2.13. The van der Waals surface area contributed by atoms with Crippen LogP contribution >= 0.6 is 11.6 Å². The standard InChI is InChI=1S/C10H8ClF3O/c11-8-5-1-3-7(4-2-6-15)9(8)10(12,13)14/h1,3,5-6H,2,4H2. The summed E-state index contributed by atoms with van der Waals surface area (Å²) in [6.45, 7) is 0. The number of rotatable bonds is 3. The van der Waals surface area contributed by atoms with Gasteiger partial charge in [0.2, 0.25) is 0 Å². The minimum Gasteiger partial charge on any atom is -0.303 e. The molecule has 0 N–H and O–H groups in total. The zero-order chi connectivity index (χ0) is 11.5. The Hall–Kier alpha value is -1.03. The van der Waals surface area contributed by atoms with Gasteiger partial charge in [0.05, 0.1) is 10.6 Å². The van der Waals surface area contributed by atoms with Crippen molar-refractivity contribution in [3.05, 3.63) is 34.3 Å². The first-order valence-electron chi connectivity index (χ1n) is 4.25. The Morgan fingerprint density at radius 2 is 2.00 bits per heavy atom. The Bertz CT molecular complexity index is 360. The minimum atomic E-state index is -4.48. The molecule has 0 atom stereocenters. The van der Waals surface area contributed by atoms with Crippen molar-refractivity contribution in [3.8, 4) is 0 Å². The molecular formula is C10H8ClF3O. The third-order valence-electron chi connectivity index (χ3n) is 1.91. The molecule has 0 aromatic heterocycles. The average Bonchev–Trinajstić information content (AvgIpc) is 2.12. The summed E-state index contributed by atoms with van der Waals surface area (Å²) in [4.78, 5) is 10.1. The van der Waals surface area contributed by atoms with Gasteiger partial charge in [-0.05, 0) is 18.1 Å². The zero-order valence-electron chi connectivity index (χ0n) is 7.64. The molecule has 1 aromatic rings. The highest BCUT2D eigenvalue weighted by molar-refractivity contribution is 6.31. The lowest BCUT2D eigenvalue weighted by molar-refractivity contribution is -0.138. The van der Waals surface area contributed by atoms with E-state index < -0.39 is 11.7 Å². The molecule has 82 valence electrons. The van der Waals surface area contributed by atoms with Crippen molar-refractivity contribution in [1.29, 1.82) is 0 Å². The first-order valence-corrected chi connectivity index (χ1v) is 4.63. The average molecular weight is 237 g/mol. The van der Waals surface area contributed by atoms with Crippen LogP contribution in [0.3, 0.4) is 0 Å². The Labute approximate surface area is 89.9 Å². The number of benzene rings is 1. The van der Waals surface area contributed by atoms with Gasteiger partial charge in [-0.1, -0.05) is 23.7 Å². The van der Waals surface area contributed by atoms with Gasteiger partial charge in [-0.2, -0.15) is 13.2 Å². The van der Waals surface area contributed by atoms with E-state index in [1.807, 2.05) is 0 Å². The monoisotopic (exact) mass is 236 g/mol. The van der Waals surface area contributed by atoms with Crippen LogP contribution in [0.4, 0.5) is 13.2 Å². The Morgan fingerprint density at radius 3 is 2.53 bits per heavy atom. The number of alkyl halides is 3. The van der Waals surface area contributed by atoms with Crippen LogP contribution in [0.1, 0.15) is 17.5 Å². The van der Waals surface area contributed by atoms with E-state index in [4.69, 9.17) is 11.6 Å². The predicted molar refractivity (Wildman–Crippen MR) is 50.8 cm³/mol. The molecule has 0 aliphatic carbocycles. The molecule has 0 heterocycles. The molecule has 1 nitrogen and oxygen atoms in total. The van der Waals surface area contributed by atoms with Gasteiger partial charge in [-0.25, -0.2) is 0 Å². The van der Waals surface area contributed by atoms with Gasteiger partial charge >= 0.3 is 6.18 Å².